The molecule has 0 bridgehead atoms. The van der Waals surface area contributed by atoms with E-state index in [2.05, 4.69) is 11.1 Å². The number of ketones is 1. The third kappa shape index (κ3) is 2.98. The Morgan fingerprint density at radius 1 is 0.957 bits per heavy atom. The second kappa shape index (κ2) is 6.43. The van der Waals surface area contributed by atoms with Crippen molar-refractivity contribution in [1.29, 1.82) is 5.26 Å². The fraction of sp³-hybridized carbons (Fsp3) is 0. The van der Waals surface area contributed by atoms with Crippen molar-refractivity contribution in [3.8, 4) is 17.2 Å². The molecule has 2 aromatic carbocycles. The summed E-state index contributed by atoms with van der Waals surface area (Å²) in [7, 11) is 0. The van der Waals surface area contributed by atoms with E-state index in [4.69, 9.17) is 11.6 Å². The van der Waals surface area contributed by atoms with Crippen molar-refractivity contribution in [2.75, 3.05) is 0 Å². The molecule has 1 heterocycles. The SMILES string of the molecule is N#Cc1c(Cl)cncc1-c1ccc(C(=O)c2ccccc2)cc1. The molecule has 3 nitrogen and oxygen atoms in total. The van der Waals surface area contributed by atoms with E-state index in [-0.39, 0.29) is 5.78 Å². The Morgan fingerprint density at radius 2 is 1.61 bits per heavy atom. The highest BCUT2D eigenvalue weighted by Crippen LogP contribution is 2.27. The van der Waals surface area contributed by atoms with Gasteiger partial charge >= 0.3 is 0 Å². The van der Waals surface area contributed by atoms with Crippen molar-refractivity contribution in [2.24, 2.45) is 0 Å². The number of pyridine rings is 1. The van der Waals surface area contributed by atoms with Gasteiger partial charge in [-0.05, 0) is 5.56 Å². The van der Waals surface area contributed by atoms with Crippen LogP contribution in [0.15, 0.2) is 67.0 Å². The first-order valence-corrected chi connectivity index (χ1v) is 7.32. The number of rotatable bonds is 3. The first-order chi connectivity index (χ1) is 11.2. The van der Waals surface area contributed by atoms with E-state index in [0.717, 1.165) is 5.56 Å². The summed E-state index contributed by atoms with van der Waals surface area (Å²) in [5.74, 6) is -0.0399. The van der Waals surface area contributed by atoms with Crippen LogP contribution in [0.3, 0.4) is 0 Å². The summed E-state index contributed by atoms with van der Waals surface area (Å²) in [4.78, 5) is 16.4. The Hall–Kier alpha value is -2.96. The minimum Gasteiger partial charge on any atom is -0.289 e. The lowest BCUT2D eigenvalue weighted by Crippen LogP contribution is -2.00. The van der Waals surface area contributed by atoms with Crippen LogP contribution in [0.2, 0.25) is 5.02 Å². The molecule has 0 amide bonds. The lowest BCUT2D eigenvalue weighted by molar-refractivity contribution is 0.103. The normalized spacial score (nSPS) is 10.1. The highest BCUT2D eigenvalue weighted by Gasteiger charge is 2.12. The second-order valence-electron chi connectivity index (χ2n) is 4.93. The van der Waals surface area contributed by atoms with E-state index in [1.54, 1.807) is 42.6 Å². The zero-order valence-corrected chi connectivity index (χ0v) is 12.8. The minimum absolute atomic E-state index is 0.0399. The predicted molar refractivity (Wildman–Crippen MR) is 89.3 cm³/mol. The van der Waals surface area contributed by atoms with Gasteiger partial charge in [-0.1, -0.05) is 66.2 Å². The monoisotopic (exact) mass is 318 g/mol. The van der Waals surface area contributed by atoms with E-state index in [0.29, 0.717) is 27.3 Å². The first kappa shape index (κ1) is 15.0. The van der Waals surface area contributed by atoms with Crippen molar-refractivity contribution < 1.29 is 4.79 Å². The summed E-state index contributed by atoms with van der Waals surface area (Å²) >= 11 is 6.00. The van der Waals surface area contributed by atoms with Crippen LogP contribution in [0.4, 0.5) is 0 Å². The molecule has 1 aromatic heterocycles. The number of halogens is 1. The third-order valence-corrected chi connectivity index (χ3v) is 3.79. The largest absolute Gasteiger partial charge is 0.289 e. The van der Waals surface area contributed by atoms with E-state index in [1.165, 1.54) is 6.20 Å². The van der Waals surface area contributed by atoms with Gasteiger partial charge in [-0.15, -0.1) is 0 Å². The van der Waals surface area contributed by atoms with Crippen LogP contribution in [-0.4, -0.2) is 10.8 Å². The van der Waals surface area contributed by atoms with Crippen molar-refractivity contribution >= 4 is 17.4 Å². The van der Waals surface area contributed by atoms with Gasteiger partial charge in [-0.25, -0.2) is 0 Å². The first-order valence-electron chi connectivity index (χ1n) is 6.94. The van der Waals surface area contributed by atoms with Crippen LogP contribution >= 0.6 is 11.6 Å². The van der Waals surface area contributed by atoms with Crippen LogP contribution in [0.25, 0.3) is 11.1 Å². The quantitative estimate of drug-likeness (QED) is 0.668. The molecule has 0 unspecified atom stereocenters. The van der Waals surface area contributed by atoms with Gasteiger partial charge in [0.25, 0.3) is 0 Å². The molecule has 0 spiro atoms. The number of benzene rings is 2. The Balaban J connectivity index is 1.97. The molecule has 23 heavy (non-hydrogen) atoms. The van der Waals surface area contributed by atoms with Gasteiger partial charge in [0.2, 0.25) is 0 Å². The molecule has 4 heteroatoms. The second-order valence-corrected chi connectivity index (χ2v) is 5.34. The average molecular weight is 319 g/mol. The molecule has 3 rings (SSSR count). The van der Waals surface area contributed by atoms with Crippen molar-refractivity contribution in [1.82, 2.24) is 4.98 Å². The van der Waals surface area contributed by atoms with Crippen LogP contribution in [0.1, 0.15) is 21.5 Å². The highest BCUT2D eigenvalue weighted by atomic mass is 35.5. The molecule has 0 N–H and O–H groups in total. The lowest BCUT2D eigenvalue weighted by Gasteiger charge is -2.06. The number of carbonyl (C=O) groups excluding carboxylic acids is 1. The smallest absolute Gasteiger partial charge is 0.193 e. The summed E-state index contributed by atoms with van der Waals surface area (Å²) in [6, 6.07) is 18.3. The number of carbonyl (C=O) groups is 1. The van der Waals surface area contributed by atoms with Gasteiger partial charge in [0.15, 0.2) is 5.78 Å². The fourth-order valence-electron chi connectivity index (χ4n) is 2.32. The zero-order chi connectivity index (χ0) is 16.2. The lowest BCUT2D eigenvalue weighted by atomic mass is 9.98. The molecule has 0 aliphatic heterocycles. The van der Waals surface area contributed by atoms with Gasteiger partial charge in [-0.2, -0.15) is 5.26 Å². The number of hydrogen-bond acceptors (Lipinski definition) is 3. The van der Waals surface area contributed by atoms with Crippen molar-refractivity contribution in [3.05, 3.63) is 88.7 Å². The van der Waals surface area contributed by atoms with Crippen LogP contribution < -0.4 is 0 Å². The maximum atomic E-state index is 12.4. The Kier molecular flexibility index (Phi) is 4.18. The molecular formula is C19H11ClN2O. The predicted octanol–water partition coefficient (Wildman–Crippen LogP) is 4.50. The number of nitriles is 1. The van der Waals surface area contributed by atoms with E-state index < -0.39 is 0 Å². The molecule has 110 valence electrons. The minimum atomic E-state index is -0.0399. The van der Waals surface area contributed by atoms with Crippen molar-refractivity contribution in [3.63, 3.8) is 0 Å². The molecule has 3 aromatic rings. The number of aromatic nitrogens is 1. The maximum Gasteiger partial charge on any atom is 0.193 e. The Morgan fingerprint density at radius 3 is 2.26 bits per heavy atom. The summed E-state index contributed by atoms with van der Waals surface area (Å²) in [6.07, 6.45) is 3.04. The molecule has 0 saturated carbocycles. The molecule has 0 aliphatic rings. The number of hydrogen-bond donors (Lipinski definition) is 0. The maximum absolute atomic E-state index is 12.4. The van der Waals surface area contributed by atoms with E-state index in [9.17, 15) is 10.1 Å². The summed E-state index contributed by atoms with van der Waals surface area (Å²) < 4.78 is 0. The summed E-state index contributed by atoms with van der Waals surface area (Å²) in [5.41, 5.74) is 3.06. The van der Waals surface area contributed by atoms with Crippen molar-refractivity contribution in [2.45, 2.75) is 0 Å². The van der Waals surface area contributed by atoms with Gasteiger partial charge in [0.05, 0.1) is 10.6 Å². The summed E-state index contributed by atoms with van der Waals surface area (Å²) in [6.45, 7) is 0. The van der Waals surface area contributed by atoms with Gasteiger partial charge in [0.1, 0.15) is 6.07 Å². The zero-order valence-electron chi connectivity index (χ0n) is 12.0. The van der Waals surface area contributed by atoms with Crippen LogP contribution in [-0.2, 0) is 0 Å². The highest BCUT2D eigenvalue weighted by molar-refractivity contribution is 6.32. The third-order valence-electron chi connectivity index (χ3n) is 3.51. The Bertz CT molecular complexity index is 897. The summed E-state index contributed by atoms with van der Waals surface area (Å²) in [5, 5.41) is 9.55. The van der Waals surface area contributed by atoms with Crippen LogP contribution in [0.5, 0.6) is 0 Å². The molecular weight excluding hydrogens is 308 g/mol. The van der Waals surface area contributed by atoms with Gasteiger partial charge in [0, 0.05) is 29.1 Å². The molecule has 0 radical (unpaired) electrons. The Labute approximate surface area is 138 Å². The standard InChI is InChI=1S/C19H11ClN2O/c20-18-12-22-11-17(16(18)10-21)13-6-8-15(9-7-13)19(23)14-4-2-1-3-5-14/h1-9,11-12H. The fourth-order valence-corrected chi connectivity index (χ4v) is 2.53. The van der Waals surface area contributed by atoms with Gasteiger partial charge in [-0.3, -0.25) is 9.78 Å². The van der Waals surface area contributed by atoms with Gasteiger partial charge < -0.3 is 0 Å². The van der Waals surface area contributed by atoms with E-state index in [1.807, 2.05) is 18.2 Å². The topological polar surface area (TPSA) is 53.8 Å². The van der Waals surface area contributed by atoms with E-state index >= 15 is 0 Å². The average Bonchev–Trinajstić information content (AvgIpc) is 2.62. The molecule has 0 aliphatic carbocycles. The van der Waals surface area contributed by atoms with Crippen LogP contribution in [0, 0.1) is 11.3 Å². The molecule has 0 saturated heterocycles. The number of nitrogens with zero attached hydrogens (tertiary/aromatic N) is 2. The molecule has 0 fully saturated rings. The molecule has 0 atom stereocenters.